The van der Waals surface area contributed by atoms with Gasteiger partial charge in [-0.05, 0) is 6.92 Å². The van der Waals surface area contributed by atoms with Gasteiger partial charge in [-0.3, -0.25) is 43.2 Å². The third-order valence-corrected chi connectivity index (χ3v) is 8.42. The summed E-state index contributed by atoms with van der Waals surface area (Å²) in [6, 6.07) is 5.96. The molecular formula is C37H42O20. The van der Waals surface area contributed by atoms with Crippen molar-refractivity contribution in [1.82, 2.24) is 0 Å². The normalized spacial score (nSPS) is 28.2. The number of hydrogen-bond donors (Lipinski definition) is 0. The molecule has 3 aliphatic rings. The zero-order chi connectivity index (χ0) is 42.3. The Morgan fingerprint density at radius 1 is 0.509 bits per heavy atom. The van der Waals surface area contributed by atoms with Crippen molar-refractivity contribution in [3.63, 3.8) is 0 Å². The number of benzene rings is 1. The summed E-state index contributed by atoms with van der Waals surface area (Å²) in [5, 5.41) is 0. The average molecular weight is 807 g/mol. The lowest BCUT2D eigenvalue weighted by Gasteiger charge is -2.48. The lowest BCUT2D eigenvalue weighted by molar-refractivity contribution is -0.358. The monoisotopic (exact) mass is 806 g/mol. The number of ketones is 2. The van der Waals surface area contributed by atoms with Crippen LogP contribution in [0.25, 0.3) is 0 Å². The molecule has 310 valence electrons. The minimum absolute atomic E-state index is 0.000752. The number of esters is 7. The summed E-state index contributed by atoms with van der Waals surface area (Å²) in [6.07, 6.45) is -17.2. The van der Waals surface area contributed by atoms with Gasteiger partial charge in [-0.15, -0.1) is 0 Å². The Morgan fingerprint density at radius 3 is 1.37 bits per heavy atom. The Labute approximate surface area is 325 Å². The van der Waals surface area contributed by atoms with E-state index in [1.165, 1.54) is 25.1 Å². The molecule has 1 aromatic carbocycles. The Bertz CT molecular complexity index is 1810. The first-order valence-electron chi connectivity index (χ1n) is 17.4. The van der Waals surface area contributed by atoms with Crippen molar-refractivity contribution in [2.45, 2.75) is 117 Å². The van der Waals surface area contributed by atoms with E-state index in [0.29, 0.717) is 0 Å². The first kappa shape index (κ1) is 44.0. The lowest BCUT2D eigenvalue weighted by atomic mass is 9.89. The van der Waals surface area contributed by atoms with Crippen molar-refractivity contribution in [2.75, 3.05) is 13.2 Å². The Hall–Kier alpha value is -5.73. The molecule has 2 fully saturated rings. The largest absolute Gasteiger partial charge is 0.463 e. The molecule has 0 saturated carbocycles. The van der Waals surface area contributed by atoms with Crippen molar-refractivity contribution in [3.05, 3.63) is 46.7 Å². The number of fused-ring (bicyclic) bond motifs is 1. The molecule has 0 radical (unpaired) electrons. The highest BCUT2D eigenvalue weighted by atomic mass is 16.8. The van der Waals surface area contributed by atoms with Crippen LogP contribution in [0, 0.1) is 0 Å². The molecule has 2 aliphatic heterocycles. The molecule has 0 amide bonds. The van der Waals surface area contributed by atoms with E-state index in [1.54, 1.807) is 6.07 Å². The number of hydrogen-bond acceptors (Lipinski definition) is 20. The van der Waals surface area contributed by atoms with Crippen LogP contribution in [0.3, 0.4) is 0 Å². The van der Waals surface area contributed by atoms with Gasteiger partial charge in [0.25, 0.3) is 0 Å². The number of Topliss-reactive ketones (excluding diaryl/α,β-unsaturated/α-hetero) is 2. The maximum atomic E-state index is 13.7. The fraction of sp³-hybridized carbons (Fsp3) is 0.541. The number of carbonyl (C=O) groups is 9. The number of carbonyl (C=O) groups excluding carboxylic acids is 9. The third-order valence-electron chi connectivity index (χ3n) is 8.42. The molecule has 2 saturated heterocycles. The van der Waals surface area contributed by atoms with Crippen LogP contribution < -0.4 is 0 Å². The van der Waals surface area contributed by atoms with Gasteiger partial charge in [0.15, 0.2) is 42.2 Å². The summed E-state index contributed by atoms with van der Waals surface area (Å²) in [7, 11) is 0. The molecule has 0 N–H and O–H groups in total. The van der Waals surface area contributed by atoms with Gasteiger partial charge in [0.2, 0.25) is 18.2 Å². The average Bonchev–Trinajstić information content (AvgIpc) is 3.11. The number of allylic oxidation sites excluding steroid dienone is 2. The Balaban J connectivity index is 1.85. The summed E-state index contributed by atoms with van der Waals surface area (Å²) in [4.78, 5) is 113. The van der Waals surface area contributed by atoms with Crippen LogP contribution in [0.4, 0.5) is 0 Å². The second-order valence-corrected chi connectivity index (χ2v) is 12.9. The van der Waals surface area contributed by atoms with Crippen LogP contribution in [0.2, 0.25) is 0 Å². The van der Waals surface area contributed by atoms with Gasteiger partial charge in [0.05, 0.1) is 0 Å². The highest BCUT2D eigenvalue weighted by molar-refractivity contribution is 6.25. The molecule has 4 rings (SSSR count). The van der Waals surface area contributed by atoms with E-state index in [2.05, 4.69) is 0 Å². The van der Waals surface area contributed by atoms with Gasteiger partial charge in [-0.1, -0.05) is 24.3 Å². The van der Waals surface area contributed by atoms with Crippen molar-refractivity contribution in [2.24, 2.45) is 0 Å². The molecule has 2 heterocycles. The number of rotatable bonds is 13. The van der Waals surface area contributed by atoms with E-state index in [0.717, 1.165) is 48.5 Å². The first-order chi connectivity index (χ1) is 26.8. The molecular weight excluding hydrogens is 764 g/mol. The van der Waals surface area contributed by atoms with Crippen molar-refractivity contribution >= 4 is 53.4 Å². The molecule has 1 aliphatic carbocycles. The van der Waals surface area contributed by atoms with Crippen LogP contribution in [0.1, 0.15) is 76.1 Å². The second kappa shape index (κ2) is 18.9. The molecule has 20 nitrogen and oxygen atoms in total. The molecule has 0 spiro atoms. The minimum atomic E-state index is -1.90. The summed E-state index contributed by atoms with van der Waals surface area (Å²) < 4.78 is 62.4. The van der Waals surface area contributed by atoms with Crippen molar-refractivity contribution in [1.29, 1.82) is 0 Å². The molecule has 57 heavy (non-hydrogen) atoms. The van der Waals surface area contributed by atoms with Crippen molar-refractivity contribution in [3.8, 4) is 0 Å². The van der Waals surface area contributed by atoms with Crippen LogP contribution in [-0.2, 0) is 85.7 Å². The molecule has 0 bridgehead atoms. The van der Waals surface area contributed by atoms with Gasteiger partial charge in [0, 0.05) is 65.2 Å². The topological polar surface area (TPSA) is 255 Å². The van der Waals surface area contributed by atoms with Gasteiger partial charge < -0.3 is 52.1 Å². The van der Waals surface area contributed by atoms with E-state index in [-0.39, 0.29) is 16.7 Å². The smallest absolute Gasteiger partial charge is 0.303 e. The SMILES string of the molecule is CC(=O)OCC1OC(OC2C(COC(C)=O)OC(OC3=C(C)C(=O)c4ccccc4C3=O)C(OC(C)=O)C2OC(C)=O)C(OC(C)=O)C(OC(C)=O)C1OC(C)=O. The molecule has 1 aromatic rings. The van der Waals surface area contributed by atoms with Gasteiger partial charge in [-0.2, -0.15) is 0 Å². The van der Waals surface area contributed by atoms with Gasteiger partial charge >= 0.3 is 41.8 Å². The predicted octanol–water partition coefficient (Wildman–Crippen LogP) is 0.976. The molecule has 10 unspecified atom stereocenters. The van der Waals surface area contributed by atoms with Gasteiger partial charge in [0.1, 0.15) is 31.5 Å². The zero-order valence-corrected chi connectivity index (χ0v) is 32.2. The standard InChI is InChI=1S/C37H42O20/c1-15-27(45)23-11-9-10-12-24(23)28(46)29(15)56-36-35(53-22(8)44)33(51-20(6)42)31(26(55-36)14-48-17(3)39)57-37-34(52-21(7)43)32(50-19(5)41)30(49-18(4)40)25(54-37)13-47-16(2)38/h9-12,25-26,30-37H,13-14H2,1-8H3. The predicted molar refractivity (Wildman–Crippen MR) is 182 cm³/mol. The van der Waals surface area contributed by atoms with E-state index in [1.807, 2.05) is 0 Å². The number of ether oxygens (including phenoxy) is 11. The highest BCUT2D eigenvalue weighted by Crippen LogP contribution is 2.37. The van der Waals surface area contributed by atoms with Crippen LogP contribution in [-0.4, -0.2) is 128 Å². The summed E-state index contributed by atoms with van der Waals surface area (Å²) >= 11 is 0. The fourth-order valence-electron chi connectivity index (χ4n) is 6.30. The minimum Gasteiger partial charge on any atom is -0.463 e. The quantitative estimate of drug-likeness (QED) is 0.199. The lowest BCUT2D eigenvalue weighted by Crippen LogP contribution is -2.67. The second-order valence-electron chi connectivity index (χ2n) is 12.9. The van der Waals surface area contributed by atoms with Gasteiger partial charge in [-0.25, -0.2) is 0 Å². The van der Waals surface area contributed by atoms with Crippen LogP contribution >= 0.6 is 0 Å². The van der Waals surface area contributed by atoms with E-state index < -0.39 is 134 Å². The zero-order valence-electron chi connectivity index (χ0n) is 32.2. The van der Waals surface area contributed by atoms with E-state index in [9.17, 15) is 43.2 Å². The molecule has 20 heteroatoms. The third kappa shape index (κ3) is 11.0. The summed E-state index contributed by atoms with van der Waals surface area (Å²) in [6.45, 7) is 7.17. The Kier molecular flexibility index (Phi) is 14.6. The van der Waals surface area contributed by atoms with Crippen molar-refractivity contribution < 1.29 is 95.3 Å². The summed E-state index contributed by atoms with van der Waals surface area (Å²) in [5.41, 5.74) is -0.0293. The molecule has 10 atom stereocenters. The maximum absolute atomic E-state index is 13.7. The first-order valence-corrected chi connectivity index (χ1v) is 17.4. The Morgan fingerprint density at radius 2 is 0.895 bits per heavy atom. The van der Waals surface area contributed by atoms with Crippen LogP contribution in [0.5, 0.6) is 0 Å². The van der Waals surface area contributed by atoms with E-state index >= 15 is 0 Å². The summed E-state index contributed by atoms with van der Waals surface area (Å²) in [5.74, 6) is -8.15. The maximum Gasteiger partial charge on any atom is 0.303 e. The molecule has 0 aromatic heterocycles. The van der Waals surface area contributed by atoms with Crippen LogP contribution in [0.15, 0.2) is 35.6 Å². The fourth-order valence-corrected chi connectivity index (χ4v) is 6.30. The van der Waals surface area contributed by atoms with E-state index in [4.69, 9.17) is 52.1 Å². The highest BCUT2D eigenvalue weighted by Gasteiger charge is 2.58.